The van der Waals surface area contributed by atoms with Gasteiger partial charge in [-0.3, -0.25) is 0 Å². The Morgan fingerprint density at radius 3 is 0.938 bits per heavy atom. The molecule has 11 rings (SSSR count). The van der Waals surface area contributed by atoms with Gasteiger partial charge in [0.2, 0.25) is 0 Å². The fraction of sp³-hybridized carbons (Fsp3) is 0. The van der Waals surface area contributed by atoms with E-state index in [1.54, 1.807) is 0 Å². The van der Waals surface area contributed by atoms with Crippen LogP contribution in [0.2, 0.25) is 0 Å². The van der Waals surface area contributed by atoms with E-state index in [1.165, 1.54) is 0 Å². The first-order valence-corrected chi connectivity index (χ1v) is 26.5. The predicted molar refractivity (Wildman–Crippen MR) is 277 cm³/mol. The minimum absolute atomic E-state index is 0.307. The summed E-state index contributed by atoms with van der Waals surface area (Å²) in [5.74, 6) is 0. The number of aromatic nitrogens is 2. The van der Waals surface area contributed by atoms with Gasteiger partial charge >= 0.3 is 0 Å². The summed E-state index contributed by atoms with van der Waals surface area (Å²) in [7, 11) is 0. The molecule has 0 unspecified atom stereocenters. The number of nitriles is 2. The second-order valence-electron chi connectivity index (χ2n) is 15.8. The molecular formula is C56H36N4P2S2. The van der Waals surface area contributed by atoms with Crippen LogP contribution in [0, 0.1) is 22.7 Å². The van der Waals surface area contributed by atoms with Gasteiger partial charge in [-0.15, -0.1) is 0 Å². The van der Waals surface area contributed by atoms with E-state index in [0.717, 1.165) is 86.8 Å². The van der Waals surface area contributed by atoms with Crippen LogP contribution >= 0.6 is 12.1 Å². The average molecular weight is 891 g/mol. The van der Waals surface area contributed by atoms with Crippen LogP contribution in [0.25, 0.3) is 55.0 Å². The largest absolute Gasteiger partial charge is 0.307 e. The second kappa shape index (κ2) is 15.9. The number of fused-ring (bicyclic) bond motifs is 6. The van der Waals surface area contributed by atoms with Crippen molar-refractivity contribution in [1.29, 1.82) is 10.5 Å². The molecule has 8 heteroatoms. The molecule has 64 heavy (non-hydrogen) atoms. The molecule has 0 radical (unpaired) electrons. The number of rotatable bonds is 8. The molecule has 4 nitrogen and oxygen atoms in total. The van der Waals surface area contributed by atoms with Crippen LogP contribution < -0.4 is 31.8 Å². The molecule has 0 saturated carbocycles. The molecule has 2 heterocycles. The molecule has 302 valence electrons. The van der Waals surface area contributed by atoms with E-state index in [0.29, 0.717) is 11.1 Å². The maximum Gasteiger partial charge on any atom is 0.101 e. The van der Waals surface area contributed by atoms with Gasteiger partial charge in [-0.2, -0.15) is 10.5 Å². The van der Waals surface area contributed by atoms with Crippen molar-refractivity contribution in [2.45, 2.75) is 0 Å². The van der Waals surface area contributed by atoms with Gasteiger partial charge in [0, 0.05) is 33.6 Å². The summed E-state index contributed by atoms with van der Waals surface area (Å²) in [6, 6.07) is 75.6. The third kappa shape index (κ3) is 6.15. The highest BCUT2D eigenvalue weighted by Crippen LogP contribution is 2.47. The number of nitrogens with zero attached hydrogens (tertiary/aromatic N) is 4. The predicted octanol–water partition coefficient (Wildman–Crippen LogP) is 11.1. The Hall–Kier alpha value is -7.14. The summed E-state index contributed by atoms with van der Waals surface area (Å²) >= 11 is 13.7. The quantitative estimate of drug-likeness (QED) is 0.143. The van der Waals surface area contributed by atoms with Crippen LogP contribution in [0.5, 0.6) is 0 Å². The van der Waals surface area contributed by atoms with Crippen LogP contribution in [0.3, 0.4) is 0 Å². The van der Waals surface area contributed by atoms with Crippen molar-refractivity contribution in [3.05, 3.63) is 230 Å². The minimum Gasteiger partial charge on any atom is -0.307 e. The molecule has 0 aliphatic heterocycles. The third-order valence-corrected chi connectivity index (χ3v) is 22.3. The van der Waals surface area contributed by atoms with Gasteiger partial charge in [-0.05, 0) is 80.4 Å². The normalized spacial score (nSPS) is 11.8. The summed E-state index contributed by atoms with van der Waals surface area (Å²) in [5, 5.41) is 32.1. The van der Waals surface area contributed by atoms with E-state index >= 15 is 0 Å². The van der Waals surface area contributed by atoms with Crippen LogP contribution in [0.15, 0.2) is 218 Å². The molecule has 0 N–H and O–H groups in total. The molecule has 11 aromatic rings. The molecular weight excluding hydrogens is 855 g/mol. The van der Waals surface area contributed by atoms with Gasteiger partial charge in [0.15, 0.2) is 0 Å². The monoisotopic (exact) mass is 890 g/mol. The van der Waals surface area contributed by atoms with Crippen molar-refractivity contribution in [2.24, 2.45) is 0 Å². The zero-order valence-corrected chi connectivity index (χ0v) is 37.7. The van der Waals surface area contributed by atoms with Crippen molar-refractivity contribution in [1.82, 2.24) is 9.13 Å². The van der Waals surface area contributed by atoms with E-state index in [-0.39, 0.29) is 0 Å². The van der Waals surface area contributed by atoms with Crippen LogP contribution in [0.1, 0.15) is 11.1 Å². The highest BCUT2D eigenvalue weighted by atomic mass is 32.4. The maximum atomic E-state index is 10.6. The van der Waals surface area contributed by atoms with E-state index in [2.05, 4.69) is 203 Å². The molecule has 0 spiro atoms. The van der Waals surface area contributed by atoms with Crippen LogP contribution in [0.4, 0.5) is 0 Å². The summed E-state index contributed by atoms with van der Waals surface area (Å²) < 4.78 is 4.50. The molecule has 0 saturated heterocycles. The second-order valence-corrected chi connectivity index (χ2v) is 24.6. The van der Waals surface area contributed by atoms with E-state index in [9.17, 15) is 10.5 Å². The van der Waals surface area contributed by atoms with Gasteiger partial charge in [-0.25, -0.2) is 0 Å². The van der Waals surface area contributed by atoms with E-state index in [1.807, 2.05) is 36.4 Å². The smallest absolute Gasteiger partial charge is 0.101 e. The fourth-order valence-corrected chi connectivity index (χ4v) is 16.9. The number of hydrogen-bond donors (Lipinski definition) is 0. The minimum atomic E-state index is -2.47. The first-order chi connectivity index (χ1) is 31.4. The number of hydrogen-bond acceptors (Lipinski definition) is 4. The summed E-state index contributed by atoms with van der Waals surface area (Å²) in [6.07, 6.45) is 0. The Bertz CT molecular complexity index is 3470. The Labute approximate surface area is 381 Å². The van der Waals surface area contributed by atoms with Crippen molar-refractivity contribution in [2.75, 3.05) is 0 Å². The first-order valence-electron chi connectivity index (χ1n) is 20.9. The molecule has 0 amide bonds. The van der Waals surface area contributed by atoms with E-state index in [4.69, 9.17) is 23.6 Å². The number of benzene rings is 9. The molecule has 0 bridgehead atoms. The van der Waals surface area contributed by atoms with Crippen LogP contribution in [-0.4, -0.2) is 9.13 Å². The van der Waals surface area contributed by atoms with E-state index < -0.39 is 12.1 Å². The van der Waals surface area contributed by atoms with Gasteiger partial charge in [0.05, 0.1) is 44.6 Å². The van der Waals surface area contributed by atoms with Crippen molar-refractivity contribution < 1.29 is 0 Å². The van der Waals surface area contributed by atoms with Crippen molar-refractivity contribution in [3.8, 4) is 23.5 Å². The summed E-state index contributed by atoms with van der Waals surface area (Å²) in [5.41, 5.74) is 6.08. The van der Waals surface area contributed by atoms with Gasteiger partial charge < -0.3 is 9.13 Å². The Morgan fingerprint density at radius 1 is 0.312 bits per heavy atom. The molecule has 0 aliphatic carbocycles. The lowest BCUT2D eigenvalue weighted by atomic mass is 10.1. The van der Waals surface area contributed by atoms with Crippen molar-refractivity contribution in [3.63, 3.8) is 0 Å². The van der Waals surface area contributed by atoms with Gasteiger partial charge in [0.25, 0.3) is 0 Å². The first kappa shape index (κ1) is 39.7. The van der Waals surface area contributed by atoms with Gasteiger partial charge in [-0.1, -0.05) is 193 Å². The number of para-hydroxylation sites is 2. The SMILES string of the molecule is N#Cc1cc(-n2c3ccccc3c3cc(P(=S)(c4ccccc4)c4ccccc4)ccc32)c(-n2c3ccccc3c3cc(P(=S)(c4ccccc4)c4ccccc4)ccc32)cc1C#N. The van der Waals surface area contributed by atoms with Crippen molar-refractivity contribution >= 4 is 111 Å². The Balaban J connectivity index is 1.19. The lowest BCUT2D eigenvalue weighted by Crippen LogP contribution is -2.24. The lowest BCUT2D eigenvalue weighted by molar-refractivity contribution is 1.09. The van der Waals surface area contributed by atoms with Gasteiger partial charge in [0.1, 0.15) is 12.1 Å². The Kier molecular flexibility index (Phi) is 9.85. The molecule has 0 atom stereocenters. The summed E-state index contributed by atoms with van der Waals surface area (Å²) in [4.78, 5) is 0. The lowest BCUT2D eigenvalue weighted by Gasteiger charge is -2.24. The van der Waals surface area contributed by atoms with Crippen LogP contribution in [-0.2, 0) is 23.6 Å². The Morgan fingerprint density at radius 2 is 0.609 bits per heavy atom. The average Bonchev–Trinajstić information content (AvgIpc) is 3.88. The zero-order valence-electron chi connectivity index (χ0n) is 34.3. The fourth-order valence-electron chi connectivity index (χ4n) is 9.40. The maximum absolute atomic E-state index is 10.6. The molecule has 9 aromatic carbocycles. The summed E-state index contributed by atoms with van der Waals surface area (Å²) in [6.45, 7) is 0. The zero-order chi connectivity index (χ0) is 43.4. The highest BCUT2D eigenvalue weighted by Gasteiger charge is 2.29. The standard InChI is InChI=1S/C56H36N4P2S2/c57-37-39-33-55(59-51-27-15-13-25-47(51)49-35-45(29-31-53(49)59)61(63,41-17-5-1-6-18-41)42-19-7-2-8-20-42)56(34-40(39)38-58)60-52-28-16-14-26-48(52)50-36-46(30-32-54(50)60)62(64,43-21-9-3-10-22-43)44-23-11-4-12-24-44/h1-36H. The third-order valence-electron chi connectivity index (χ3n) is 12.4. The highest BCUT2D eigenvalue weighted by molar-refractivity contribution is 8.26. The molecule has 0 fully saturated rings. The topological polar surface area (TPSA) is 57.4 Å². The molecule has 0 aliphatic rings. The molecule has 2 aromatic heterocycles.